The number of carbonyl (C=O) groups is 4. The van der Waals surface area contributed by atoms with Crippen LogP contribution < -0.4 is 15.0 Å². The van der Waals surface area contributed by atoms with Crippen LogP contribution in [0.4, 0.5) is 10.5 Å². The van der Waals surface area contributed by atoms with E-state index in [9.17, 15) is 19.2 Å². The van der Waals surface area contributed by atoms with Crippen LogP contribution in [0.2, 0.25) is 0 Å². The zero-order valence-electron chi connectivity index (χ0n) is 18.0. The van der Waals surface area contributed by atoms with Crippen LogP contribution in [0.1, 0.15) is 12.0 Å². The number of amides is 4. The third-order valence-electron chi connectivity index (χ3n) is 5.48. The normalized spacial score (nSPS) is 19.5. The van der Waals surface area contributed by atoms with E-state index in [4.69, 9.17) is 4.74 Å². The highest BCUT2D eigenvalue weighted by Crippen LogP contribution is 2.33. The highest BCUT2D eigenvalue weighted by molar-refractivity contribution is 8.18. The van der Waals surface area contributed by atoms with Gasteiger partial charge in [-0.25, -0.2) is 0 Å². The van der Waals surface area contributed by atoms with E-state index in [2.05, 4.69) is 5.32 Å². The second-order valence-corrected chi connectivity index (χ2v) is 8.61. The Labute approximate surface area is 195 Å². The Morgan fingerprint density at radius 2 is 1.85 bits per heavy atom. The molecule has 0 aliphatic carbocycles. The Kier molecular flexibility index (Phi) is 6.79. The van der Waals surface area contributed by atoms with E-state index in [0.29, 0.717) is 16.3 Å². The molecule has 2 aliphatic heterocycles. The summed E-state index contributed by atoms with van der Waals surface area (Å²) >= 11 is 0.885. The number of methoxy groups -OCH3 is 1. The van der Waals surface area contributed by atoms with E-state index in [1.165, 1.54) is 7.11 Å². The summed E-state index contributed by atoms with van der Waals surface area (Å²) < 4.78 is 5.32. The third kappa shape index (κ3) is 4.93. The number of imide groups is 1. The molecular formula is C24H23N3O5S. The number of nitrogens with one attached hydrogen (secondary N) is 1. The molecule has 0 spiro atoms. The van der Waals surface area contributed by atoms with Gasteiger partial charge in [0.1, 0.15) is 5.75 Å². The summed E-state index contributed by atoms with van der Waals surface area (Å²) in [5.74, 6) is -0.768. The molecule has 4 amide bonds. The van der Waals surface area contributed by atoms with Crippen LogP contribution in [0.15, 0.2) is 59.5 Å². The predicted octanol–water partition coefficient (Wildman–Crippen LogP) is 2.90. The summed E-state index contributed by atoms with van der Waals surface area (Å²) in [6.45, 7) is 0.431. The topological polar surface area (TPSA) is 96.0 Å². The lowest BCUT2D eigenvalue weighted by Gasteiger charge is -2.19. The van der Waals surface area contributed by atoms with Crippen LogP contribution in [0, 0.1) is 5.92 Å². The van der Waals surface area contributed by atoms with Gasteiger partial charge in [0, 0.05) is 26.1 Å². The summed E-state index contributed by atoms with van der Waals surface area (Å²) in [4.78, 5) is 53.0. The van der Waals surface area contributed by atoms with Crippen molar-refractivity contribution in [2.45, 2.75) is 6.42 Å². The number of benzene rings is 2. The molecule has 2 aromatic carbocycles. The van der Waals surface area contributed by atoms with Crippen molar-refractivity contribution in [1.29, 1.82) is 0 Å². The number of nitrogens with zero attached hydrogens (tertiary/aromatic N) is 2. The van der Waals surface area contributed by atoms with Crippen molar-refractivity contribution >= 4 is 46.5 Å². The molecule has 2 fully saturated rings. The maximum atomic E-state index is 12.6. The van der Waals surface area contributed by atoms with Crippen LogP contribution in [0.5, 0.6) is 5.75 Å². The molecule has 0 aromatic heterocycles. The molecule has 1 N–H and O–H groups in total. The first-order valence-corrected chi connectivity index (χ1v) is 11.3. The van der Waals surface area contributed by atoms with Gasteiger partial charge in [-0.3, -0.25) is 24.1 Å². The first-order chi connectivity index (χ1) is 16.0. The molecule has 4 rings (SSSR count). The summed E-state index contributed by atoms with van der Waals surface area (Å²) in [7, 11) is 1.53. The van der Waals surface area contributed by atoms with Gasteiger partial charge in [0.05, 0.1) is 23.6 Å². The van der Waals surface area contributed by atoms with E-state index < -0.39 is 5.92 Å². The van der Waals surface area contributed by atoms with E-state index in [1.54, 1.807) is 29.2 Å². The number of rotatable bonds is 7. The number of para-hydroxylation sites is 2. The van der Waals surface area contributed by atoms with Crippen molar-refractivity contribution < 1.29 is 23.9 Å². The second kappa shape index (κ2) is 9.91. The summed E-state index contributed by atoms with van der Waals surface area (Å²) in [6.07, 6.45) is 1.77. The lowest BCUT2D eigenvalue weighted by molar-refractivity contribution is -0.127. The van der Waals surface area contributed by atoms with Crippen molar-refractivity contribution in [3.05, 3.63) is 65.1 Å². The van der Waals surface area contributed by atoms with Crippen LogP contribution in [0.25, 0.3) is 6.08 Å². The average Bonchev–Trinajstić information content (AvgIpc) is 3.34. The molecule has 2 aliphatic rings. The molecule has 0 saturated carbocycles. The van der Waals surface area contributed by atoms with Crippen LogP contribution in [0.3, 0.4) is 0 Å². The second-order valence-electron chi connectivity index (χ2n) is 7.61. The molecule has 2 heterocycles. The molecule has 0 bridgehead atoms. The standard InChI is InChI=1S/C24H23N3O5S/c1-32-19-10-6-5-9-18(19)27-15-17(14-21(27)28)22(29)25-11-12-26-23(30)20(33-24(26)31)13-16-7-3-2-4-8-16/h2-10,13,17H,11-12,14-15H2,1H3,(H,25,29)/b20-13-/t17-/m1/s1. The van der Waals surface area contributed by atoms with E-state index in [1.807, 2.05) is 36.4 Å². The lowest BCUT2D eigenvalue weighted by atomic mass is 10.1. The van der Waals surface area contributed by atoms with Gasteiger partial charge in [0.15, 0.2) is 0 Å². The number of ether oxygens (including phenoxy) is 1. The zero-order chi connectivity index (χ0) is 23.4. The molecule has 2 aromatic rings. The Hall–Kier alpha value is -3.59. The molecule has 9 heteroatoms. The lowest BCUT2D eigenvalue weighted by Crippen LogP contribution is -2.40. The number of carbonyl (C=O) groups excluding carboxylic acids is 4. The smallest absolute Gasteiger partial charge is 0.293 e. The molecule has 170 valence electrons. The number of hydrogen-bond donors (Lipinski definition) is 1. The van der Waals surface area contributed by atoms with Gasteiger partial charge in [0.2, 0.25) is 11.8 Å². The van der Waals surface area contributed by atoms with Gasteiger partial charge in [-0.1, -0.05) is 42.5 Å². The SMILES string of the molecule is COc1ccccc1N1C[C@H](C(=O)NCCN2C(=O)S/C(=C\c3ccccc3)C2=O)CC1=O. The van der Waals surface area contributed by atoms with E-state index in [0.717, 1.165) is 22.2 Å². The molecule has 33 heavy (non-hydrogen) atoms. The molecular weight excluding hydrogens is 442 g/mol. The first kappa shape index (κ1) is 22.6. The van der Waals surface area contributed by atoms with E-state index >= 15 is 0 Å². The Morgan fingerprint density at radius 1 is 1.12 bits per heavy atom. The fraction of sp³-hybridized carbons (Fsp3) is 0.250. The molecule has 2 saturated heterocycles. The van der Waals surface area contributed by atoms with Crippen molar-refractivity contribution in [2.24, 2.45) is 5.92 Å². The zero-order valence-corrected chi connectivity index (χ0v) is 18.8. The van der Waals surface area contributed by atoms with Crippen LogP contribution >= 0.6 is 11.8 Å². The maximum absolute atomic E-state index is 12.6. The summed E-state index contributed by atoms with van der Waals surface area (Å²) in [6, 6.07) is 16.4. The number of anilines is 1. The maximum Gasteiger partial charge on any atom is 0.293 e. The quantitative estimate of drug-likeness (QED) is 0.632. The van der Waals surface area contributed by atoms with Gasteiger partial charge in [-0.15, -0.1) is 0 Å². The minimum absolute atomic E-state index is 0.0689. The largest absolute Gasteiger partial charge is 0.495 e. The Bertz CT molecular complexity index is 1120. The minimum Gasteiger partial charge on any atom is -0.495 e. The van der Waals surface area contributed by atoms with Crippen LogP contribution in [-0.4, -0.2) is 54.6 Å². The van der Waals surface area contributed by atoms with Crippen molar-refractivity contribution in [3.63, 3.8) is 0 Å². The van der Waals surface area contributed by atoms with E-state index in [-0.39, 0.29) is 49.0 Å². The van der Waals surface area contributed by atoms with Gasteiger partial charge in [-0.05, 0) is 35.5 Å². The molecule has 1 atom stereocenters. The monoisotopic (exact) mass is 465 g/mol. The Balaban J connectivity index is 1.31. The predicted molar refractivity (Wildman–Crippen MR) is 126 cm³/mol. The van der Waals surface area contributed by atoms with Crippen LogP contribution in [-0.2, 0) is 14.4 Å². The molecule has 8 nitrogen and oxygen atoms in total. The highest BCUT2D eigenvalue weighted by atomic mass is 32.2. The van der Waals surface area contributed by atoms with Gasteiger partial charge in [-0.2, -0.15) is 0 Å². The molecule has 0 radical (unpaired) electrons. The van der Waals surface area contributed by atoms with Gasteiger partial charge < -0.3 is 15.0 Å². The van der Waals surface area contributed by atoms with Crippen molar-refractivity contribution in [1.82, 2.24) is 10.2 Å². The molecule has 0 unspecified atom stereocenters. The van der Waals surface area contributed by atoms with Gasteiger partial charge in [0.25, 0.3) is 11.1 Å². The summed E-state index contributed by atoms with van der Waals surface area (Å²) in [5.41, 5.74) is 1.46. The number of thioether (sulfide) groups is 1. The van der Waals surface area contributed by atoms with Gasteiger partial charge >= 0.3 is 0 Å². The first-order valence-electron chi connectivity index (χ1n) is 10.5. The highest BCUT2D eigenvalue weighted by Gasteiger charge is 2.37. The van der Waals surface area contributed by atoms with Crippen molar-refractivity contribution in [2.75, 3.05) is 31.6 Å². The fourth-order valence-electron chi connectivity index (χ4n) is 3.80. The summed E-state index contributed by atoms with van der Waals surface area (Å²) in [5, 5.41) is 2.39. The average molecular weight is 466 g/mol. The number of hydrogen-bond acceptors (Lipinski definition) is 6. The minimum atomic E-state index is -0.518. The van der Waals surface area contributed by atoms with Crippen molar-refractivity contribution in [3.8, 4) is 5.75 Å². The third-order valence-corrected chi connectivity index (χ3v) is 6.38. The fourth-order valence-corrected chi connectivity index (χ4v) is 4.66. The Morgan fingerprint density at radius 3 is 2.61 bits per heavy atom.